The van der Waals surface area contributed by atoms with Crippen molar-refractivity contribution >= 4 is 34.6 Å². The predicted molar refractivity (Wildman–Crippen MR) is 142 cm³/mol. The number of allylic oxidation sites excluding steroid dienone is 4. The quantitative estimate of drug-likeness (QED) is 0.467. The van der Waals surface area contributed by atoms with E-state index in [0.717, 1.165) is 36.8 Å². The van der Waals surface area contributed by atoms with E-state index in [1.165, 1.54) is 16.5 Å². The minimum Gasteiger partial charge on any atom is -0.507 e. The number of nitrogens with two attached hydrogens (primary N) is 1. The molecule has 2 saturated carbocycles. The molecule has 1 aromatic rings. The molecule has 1 amide bonds. The van der Waals surface area contributed by atoms with Crippen LogP contribution in [0.1, 0.15) is 60.5 Å². The molecule has 9 heteroatoms. The van der Waals surface area contributed by atoms with Gasteiger partial charge in [0, 0.05) is 5.92 Å². The van der Waals surface area contributed by atoms with Crippen LogP contribution in [0.15, 0.2) is 29.9 Å². The van der Waals surface area contributed by atoms with Crippen molar-refractivity contribution in [1.29, 1.82) is 0 Å². The Balaban J connectivity index is 1.57. The first-order valence-electron chi connectivity index (χ1n) is 13.5. The third kappa shape index (κ3) is 3.93. The lowest BCUT2D eigenvalue weighted by Crippen LogP contribution is -2.74. The van der Waals surface area contributed by atoms with Crippen LogP contribution in [0.5, 0.6) is 5.75 Å². The van der Waals surface area contributed by atoms with Gasteiger partial charge < -0.3 is 15.9 Å². The molecule has 0 aromatic heterocycles. The number of phenolic OH excluding ortho intramolecular Hbond substituents is 1. The highest BCUT2D eigenvalue weighted by Gasteiger charge is 2.69. The monoisotopic (exact) mass is 534 g/mol. The summed E-state index contributed by atoms with van der Waals surface area (Å²) < 4.78 is 0. The number of aromatic hydroxyl groups is 1. The Morgan fingerprint density at radius 2 is 1.85 bits per heavy atom. The second-order valence-electron chi connectivity index (χ2n) is 11.6. The van der Waals surface area contributed by atoms with Gasteiger partial charge in [0.15, 0.2) is 34.7 Å². The van der Waals surface area contributed by atoms with Crippen LogP contribution >= 0.6 is 0 Å². The maximum atomic E-state index is 13.9. The number of rotatable bonds is 6. The molecule has 4 aliphatic carbocycles. The van der Waals surface area contributed by atoms with Gasteiger partial charge in [-0.1, -0.05) is 37.1 Å². The number of unbranched alkanes of at least 4 members (excludes halogenated alkanes) is 1. The molecule has 39 heavy (non-hydrogen) atoms. The normalized spacial score (nSPS) is 32.0. The van der Waals surface area contributed by atoms with Crippen molar-refractivity contribution in [3.63, 3.8) is 0 Å². The van der Waals surface area contributed by atoms with Crippen molar-refractivity contribution < 1.29 is 34.2 Å². The SMILES string of the molecule is CCCCC1=CC=C(c2ccc(O)c3c2C[C@H]2C[C@H]4[C@H](N(C)C)C(=O)C(C(N)=O)C(=O)[C@@]4(O)C(=O)C2C3=O)C1. The highest BCUT2D eigenvalue weighted by Crippen LogP contribution is 2.51. The Labute approximate surface area is 226 Å². The molecule has 0 spiro atoms. The summed E-state index contributed by atoms with van der Waals surface area (Å²) in [6.07, 6.45) is 8.31. The molecule has 1 aromatic carbocycles. The lowest BCUT2D eigenvalue weighted by molar-refractivity contribution is -0.181. The van der Waals surface area contributed by atoms with E-state index >= 15 is 0 Å². The first kappa shape index (κ1) is 27.1. The van der Waals surface area contributed by atoms with E-state index in [-0.39, 0.29) is 24.2 Å². The zero-order valence-corrected chi connectivity index (χ0v) is 22.4. The number of aliphatic hydroxyl groups is 1. The number of phenols is 1. The van der Waals surface area contributed by atoms with Crippen LogP contribution in [-0.4, -0.2) is 69.9 Å². The highest BCUT2D eigenvalue weighted by molar-refractivity contribution is 6.32. The van der Waals surface area contributed by atoms with E-state index in [1.807, 2.05) is 6.08 Å². The number of amides is 1. The number of hydrogen-bond donors (Lipinski definition) is 3. The zero-order valence-electron chi connectivity index (χ0n) is 22.4. The molecule has 0 bridgehead atoms. The van der Waals surface area contributed by atoms with Gasteiger partial charge in [0.25, 0.3) is 0 Å². The number of nitrogens with zero attached hydrogens (tertiary/aromatic N) is 1. The molecular formula is C30H34N2O7. The lowest BCUT2D eigenvalue weighted by atomic mass is 9.52. The van der Waals surface area contributed by atoms with E-state index < -0.39 is 64.4 Å². The van der Waals surface area contributed by atoms with E-state index in [0.29, 0.717) is 5.56 Å². The number of hydrogen-bond acceptors (Lipinski definition) is 8. The summed E-state index contributed by atoms with van der Waals surface area (Å²) in [7, 11) is 3.14. The Morgan fingerprint density at radius 3 is 2.49 bits per heavy atom. The minimum atomic E-state index is -2.71. The van der Waals surface area contributed by atoms with Gasteiger partial charge >= 0.3 is 0 Å². The van der Waals surface area contributed by atoms with Crippen LogP contribution < -0.4 is 5.73 Å². The Kier molecular flexibility index (Phi) is 6.71. The summed E-state index contributed by atoms with van der Waals surface area (Å²) >= 11 is 0. The summed E-state index contributed by atoms with van der Waals surface area (Å²) in [4.78, 5) is 67.9. The number of Topliss-reactive ketones (excluding diaryl/α,β-unsaturated/α-hetero) is 4. The topological polar surface area (TPSA) is 155 Å². The summed E-state index contributed by atoms with van der Waals surface area (Å²) in [6, 6.07) is 2.12. The fourth-order valence-electron chi connectivity index (χ4n) is 7.25. The average molecular weight is 535 g/mol. The molecule has 0 heterocycles. The van der Waals surface area contributed by atoms with Crippen LogP contribution in [0.4, 0.5) is 0 Å². The van der Waals surface area contributed by atoms with Gasteiger partial charge in [0.05, 0.1) is 17.5 Å². The number of likely N-dealkylation sites (N-methyl/N-ethyl adjacent to an activating group) is 1. The van der Waals surface area contributed by atoms with Gasteiger partial charge in [-0.05, 0) is 74.9 Å². The number of primary amides is 1. The van der Waals surface area contributed by atoms with Gasteiger partial charge in [-0.2, -0.15) is 0 Å². The van der Waals surface area contributed by atoms with Crippen LogP contribution in [0.25, 0.3) is 5.57 Å². The zero-order chi connectivity index (χ0) is 28.4. The van der Waals surface area contributed by atoms with E-state index in [2.05, 4.69) is 13.0 Å². The molecule has 2 unspecified atom stereocenters. The van der Waals surface area contributed by atoms with Crippen LogP contribution in [0, 0.1) is 23.7 Å². The number of fused-ring (bicyclic) bond motifs is 3. The van der Waals surface area contributed by atoms with Gasteiger partial charge in [-0.15, -0.1) is 0 Å². The van der Waals surface area contributed by atoms with Gasteiger partial charge in [0.2, 0.25) is 5.91 Å². The lowest BCUT2D eigenvalue weighted by Gasteiger charge is -2.52. The van der Waals surface area contributed by atoms with Crippen molar-refractivity contribution in [2.45, 2.75) is 57.1 Å². The van der Waals surface area contributed by atoms with Crippen LogP contribution in [-0.2, 0) is 25.6 Å². The largest absolute Gasteiger partial charge is 0.507 e. The van der Waals surface area contributed by atoms with Crippen molar-refractivity contribution in [2.75, 3.05) is 14.1 Å². The molecule has 2 fully saturated rings. The number of carbonyl (C=O) groups excluding carboxylic acids is 5. The maximum absolute atomic E-state index is 13.9. The molecule has 0 aliphatic heterocycles. The molecule has 206 valence electrons. The number of benzene rings is 1. The van der Waals surface area contributed by atoms with Gasteiger partial charge in [-0.25, -0.2) is 0 Å². The van der Waals surface area contributed by atoms with E-state index in [4.69, 9.17) is 5.73 Å². The second-order valence-corrected chi connectivity index (χ2v) is 11.6. The summed E-state index contributed by atoms with van der Waals surface area (Å²) in [5.74, 6) is -10.3. The summed E-state index contributed by atoms with van der Waals surface area (Å²) in [6.45, 7) is 2.14. The minimum absolute atomic E-state index is 0.0296. The third-order valence-electron chi connectivity index (χ3n) is 9.08. The average Bonchev–Trinajstić information content (AvgIpc) is 3.33. The van der Waals surface area contributed by atoms with Crippen LogP contribution in [0.2, 0.25) is 0 Å². The predicted octanol–water partition coefficient (Wildman–Crippen LogP) is 1.77. The Hall–Kier alpha value is -3.43. The standard InChI is InChI=1S/C30H34N2O7/c1-4-5-6-14-7-8-15(11-14)17-9-10-20(33)22-18(17)12-16-13-19-24(32(2)3)26(35)23(29(31)38)28(37)30(19,39)27(36)21(16)25(22)34/h7-10,16,19,21,23-24,33,39H,4-6,11-13H2,1-3H3,(H2,31,38)/t16-,19-,21?,23?,24-,30-/m0/s1. The first-order chi connectivity index (χ1) is 18.4. The smallest absolute Gasteiger partial charge is 0.235 e. The molecule has 4 aliphatic rings. The van der Waals surface area contributed by atoms with E-state index in [1.54, 1.807) is 20.2 Å². The molecule has 0 saturated heterocycles. The molecule has 0 radical (unpaired) electrons. The van der Waals surface area contributed by atoms with Crippen molar-refractivity contribution in [1.82, 2.24) is 4.90 Å². The second kappa shape index (κ2) is 9.64. The molecule has 9 nitrogen and oxygen atoms in total. The first-order valence-corrected chi connectivity index (χ1v) is 13.5. The molecule has 5 rings (SSSR count). The van der Waals surface area contributed by atoms with Crippen LogP contribution in [0.3, 0.4) is 0 Å². The third-order valence-corrected chi connectivity index (χ3v) is 9.08. The number of ketones is 4. The van der Waals surface area contributed by atoms with Crippen molar-refractivity contribution in [3.8, 4) is 5.75 Å². The van der Waals surface area contributed by atoms with Crippen molar-refractivity contribution in [2.24, 2.45) is 29.4 Å². The summed E-state index contributed by atoms with van der Waals surface area (Å²) in [5.41, 5.74) is 6.47. The van der Waals surface area contributed by atoms with Crippen molar-refractivity contribution in [3.05, 3.63) is 46.5 Å². The number of carbonyl (C=O) groups is 5. The summed E-state index contributed by atoms with van der Waals surface area (Å²) in [5, 5.41) is 22.4. The molecule has 4 N–H and O–H groups in total. The highest BCUT2D eigenvalue weighted by atomic mass is 16.3. The Morgan fingerprint density at radius 1 is 1.13 bits per heavy atom. The van der Waals surface area contributed by atoms with Gasteiger partial charge in [-0.3, -0.25) is 28.9 Å². The molecular weight excluding hydrogens is 500 g/mol. The molecule has 6 atom stereocenters. The maximum Gasteiger partial charge on any atom is 0.235 e. The van der Waals surface area contributed by atoms with Gasteiger partial charge in [0.1, 0.15) is 5.75 Å². The fraction of sp³-hybridized carbons (Fsp3) is 0.500. The van der Waals surface area contributed by atoms with E-state index in [9.17, 15) is 34.2 Å². The Bertz CT molecular complexity index is 1370. The fourth-order valence-corrected chi connectivity index (χ4v) is 7.25.